The van der Waals surface area contributed by atoms with Crippen molar-refractivity contribution >= 4 is 22.8 Å². The number of nitrogens with zero attached hydrogens (tertiary/aromatic N) is 3. The van der Waals surface area contributed by atoms with Gasteiger partial charge in [-0.05, 0) is 18.2 Å². The van der Waals surface area contributed by atoms with E-state index in [0.29, 0.717) is 11.7 Å². The molecule has 132 valence electrons. The number of halogens is 3. The molecule has 0 bridgehead atoms. The monoisotopic (exact) mass is 370 g/mol. The van der Waals surface area contributed by atoms with Gasteiger partial charge in [-0.3, -0.25) is 15.1 Å². The first kappa shape index (κ1) is 17.3. The maximum Gasteiger partial charge on any atom is 0.416 e. The lowest BCUT2D eigenvalue weighted by molar-refractivity contribution is -0.137. The molecule has 2 heterocycles. The summed E-state index contributed by atoms with van der Waals surface area (Å²) in [4.78, 5) is 16.4. The molecule has 25 heavy (non-hydrogen) atoms. The summed E-state index contributed by atoms with van der Waals surface area (Å²) in [5.41, 5.74) is -0.669. The van der Waals surface area contributed by atoms with Crippen LogP contribution in [0.1, 0.15) is 16.1 Å². The fraction of sp³-hybridized carbons (Fsp3) is 0.267. The van der Waals surface area contributed by atoms with Gasteiger partial charge in [0.05, 0.1) is 31.1 Å². The van der Waals surface area contributed by atoms with Crippen molar-refractivity contribution in [2.45, 2.75) is 6.18 Å². The van der Waals surface area contributed by atoms with Crippen LogP contribution in [-0.4, -0.2) is 40.3 Å². The molecule has 0 atom stereocenters. The minimum atomic E-state index is -4.47. The van der Waals surface area contributed by atoms with Crippen molar-refractivity contribution < 1.29 is 22.7 Å². The lowest BCUT2D eigenvalue weighted by atomic mass is 10.2. The van der Waals surface area contributed by atoms with Gasteiger partial charge in [-0.15, -0.1) is 0 Å². The predicted molar refractivity (Wildman–Crippen MR) is 87.3 cm³/mol. The Morgan fingerprint density at radius 2 is 2.20 bits per heavy atom. The van der Waals surface area contributed by atoms with Crippen LogP contribution >= 0.6 is 11.8 Å². The molecule has 1 aromatic carbocycles. The average Bonchev–Trinajstić information content (AvgIpc) is 3.23. The molecule has 2 aromatic rings. The minimum absolute atomic E-state index is 0.0323. The van der Waals surface area contributed by atoms with Crippen LogP contribution in [0.3, 0.4) is 0 Å². The Morgan fingerprint density at radius 1 is 1.40 bits per heavy atom. The lowest BCUT2D eigenvalue weighted by Gasteiger charge is -2.08. The number of methoxy groups -OCH3 is 1. The number of ether oxygens (including phenoxy) is 1. The van der Waals surface area contributed by atoms with Crippen molar-refractivity contribution in [3.63, 3.8) is 0 Å². The van der Waals surface area contributed by atoms with E-state index in [1.54, 1.807) is 0 Å². The number of thioether (sulfide) groups is 1. The van der Waals surface area contributed by atoms with Gasteiger partial charge in [0.2, 0.25) is 0 Å². The van der Waals surface area contributed by atoms with Crippen LogP contribution in [0.5, 0.6) is 5.75 Å². The summed E-state index contributed by atoms with van der Waals surface area (Å²) in [6, 6.07) is 4.65. The van der Waals surface area contributed by atoms with Crippen LogP contribution in [0.15, 0.2) is 35.5 Å². The van der Waals surface area contributed by atoms with E-state index in [1.807, 2.05) is 0 Å². The van der Waals surface area contributed by atoms with E-state index >= 15 is 0 Å². The predicted octanol–water partition coefficient (Wildman–Crippen LogP) is 2.73. The number of benzene rings is 1. The molecule has 0 saturated heterocycles. The third-order valence-electron chi connectivity index (χ3n) is 3.36. The van der Waals surface area contributed by atoms with Crippen LogP contribution in [0, 0.1) is 0 Å². The second kappa shape index (κ2) is 6.79. The summed E-state index contributed by atoms with van der Waals surface area (Å²) in [7, 11) is 1.35. The molecule has 1 aromatic heterocycles. The third kappa shape index (κ3) is 3.78. The second-order valence-corrected chi connectivity index (χ2v) is 6.11. The smallest absolute Gasteiger partial charge is 0.416 e. The van der Waals surface area contributed by atoms with Crippen LogP contribution in [-0.2, 0) is 6.18 Å². The topological polar surface area (TPSA) is 68.5 Å². The molecule has 1 aliphatic rings. The maximum atomic E-state index is 12.9. The number of hydrogen-bond donors (Lipinski definition) is 1. The molecule has 1 amide bonds. The van der Waals surface area contributed by atoms with E-state index in [2.05, 4.69) is 15.4 Å². The number of aliphatic imine (C=N–C) groups is 1. The third-order valence-corrected chi connectivity index (χ3v) is 4.25. The molecular formula is C15H13F3N4O2S. The zero-order chi connectivity index (χ0) is 18.0. The van der Waals surface area contributed by atoms with E-state index < -0.39 is 17.6 Å². The molecular weight excluding hydrogens is 357 g/mol. The van der Waals surface area contributed by atoms with Gasteiger partial charge in [0, 0.05) is 5.75 Å². The fourth-order valence-corrected chi connectivity index (χ4v) is 2.91. The second-order valence-electron chi connectivity index (χ2n) is 5.03. The van der Waals surface area contributed by atoms with Gasteiger partial charge in [0.15, 0.2) is 16.6 Å². The van der Waals surface area contributed by atoms with E-state index in [4.69, 9.17) is 4.74 Å². The number of aromatic nitrogens is 2. The van der Waals surface area contributed by atoms with Crippen LogP contribution in [0.2, 0.25) is 0 Å². The molecule has 10 heteroatoms. The molecule has 0 aliphatic carbocycles. The van der Waals surface area contributed by atoms with Crippen molar-refractivity contribution in [3.8, 4) is 11.4 Å². The molecule has 6 nitrogen and oxygen atoms in total. The van der Waals surface area contributed by atoms with Crippen LogP contribution in [0.4, 0.5) is 13.2 Å². The summed E-state index contributed by atoms with van der Waals surface area (Å²) < 4.78 is 44.9. The van der Waals surface area contributed by atoms with Gasteiger partial charge >= 0.3 is 6.18 Å². The highest BCUT2D eigenvalue weighted by atomic mass is 32.2. The Morgan fingerprint density at radius 3 is 2.84 bits per heavy atom. The molecule has 0 unspecified atom stereocenters. The highest BCUT2D eigenvalue weighted by Gasteiger charge is 2.31. The average molecular weight is 370 g/mol. The highest BCUT2D eigenvalue weighted by molar-refractivity contribution is 8.14. The summed E-state index contributed by atoms with van der Waals surface area (Å²) in [5.74, 6) is 0.403. The quantitative estimate of drug-likeness (QED) is 0.902. The van der Waals surface area contributed by atoms with Crippen molar-refractivity contribution in [1.82, 2.24) is 15.1 Å². The Labute approximate surface area is 145 Å². The van der Waals surface area contributed by atoms with Crippen molar-refractivity contribution in [3.05, 3.63) is 41.7 Å². The summed E-state index contributed by atoms with van der Waals surface area (Å²) in [6.45, 7) is 0.621. The molecule has 1 N–H and O–H groups in total. The number of alkyl halides is 3. The Kier molecular flexibility index (Phi) is 4.71. The molecule has 3 rings (SSSR count). The van der Waals surface area contributed by atoms with Gasteiger partial charge in [-0.1, -0.05) is 17.8 Å². The maximum absolute atomic E-state index is 12.9. The zero-order valence-corrected chi connectivity index (χ0v) is 13.8. The van der Waals surface area contributed by atoms with Gasteiger partial charge in [-0.2, -0.15) is 18.3 Å². The number of hydrogen-bond acceptors (Lipinski definition) is 5. The number of carbonyl (C=O) groups is 1. The Hall–Kier alpha value is -2.49. The summed E-state index contributed by atoms with van der Waals surface area (Å²) in [5, 5.41) is 7.16. The molecule has 1 aliphatic heterocycles. The zero-order valence-electron chi connectivity index (χ0n) is 13.0. The minimum Gasteiger partial charge on any atom is -0.493 e. The van der Waals surface area contributed by atoms with Crippen molar-refractivity contribution in [2.24, 2.45) is 4.99 Å². The van der Waals surface area contributed by atoms with Gasteiger partial charge < -0.3 is 4.74 Å². The number of nitrogens with one attached hydrogen (secondary N) is 1. The largest absolute Gasteiger partial charge is 0.493 e. The summed E-state index contributed by atoms with van der Waals surface area (Å²) in [6.07, 6.45) is -3.11. The Balaban J connectivity index is 1.91. The number of carbonyl (C=O) groups excluding carboxylic acids is 1. The first-order valence-electron chi connectivity index (χ1n) is 7.18. The van der Waals surface area contributed by atoms with E-state index in [9.17, 15) is 18.0 Å². The summed E-state index contributed by atoms with van der Waals surface area (Å²) >= 11 is 1.40. The first-order valence-corrected chi connectivity index (χ1v) is 8.17. The van der Waals surface area contributed by atoms with Gasteiger partial charge in [-0.25, -0.2) is 4.68 Å². The Bertz CT molecular complexity index is 832. The molecule has 0 radical (unpaired) electrons. The van der Waals surface area contributed by atoms with Crippen LogP contribution in [0.25, 0.3) is 5.69 Å². The van der Waals surface area contributed by atoms with Gasteiger partial charge in [0.25, 0.3) is 5.91 Å². The van der Waals surface area contributed by atoms with Crippen molar-refractivity contribution in [1.29, 1.82) is 0 Å². The van der Waals surface area contributed by atoms with Crippen LogP contribution < -0.4 is 10.1 Å². The SMILES string of the molecule is COc1cn(-c2cccc(C(F)(F)F)c2)nc1C(=O)NC1=NCCS1. The van der Waals surface area contributed by atoms with Gasteiger partial charge in [0.1, 0.15) is 0 Å². The number of amides is 1. The van der Waals surface area contributed by atoms with E-state index in [0.717, 1.165) is 17.9 Å². The number of rotatable bonds is 3. The first-order chi connectivity index (χ1) is 11.9. The fourth-order valence-electron chi connectivity index (χ4n) is 2.19. The standard InChI is InChI=1S/C15H13F3N4O2S/c1-24-11-8-22(10-4-2-3-9(7-10)15(16,17)18)21-12(11)13(23)20-14-19-5-6-25-14/h2-4,7-8H,5-6H2,1H3,(H,19,20,23). The van der Waals surface area contributed by atoms with E-state index in [1.165, 1.54) is 41.9 Å². The molecule has 0 spiro atoms. The molecule has 0 fully saturated rings. The lowest BCUT2D eigenvalue weighted by Crippen LogP contribution is -2.28. The van der Waals surface area contributed by atoms with E-state index in [-0.39, 0.29) is 17.1 Å². The van der Waals surface area contributed by atoms with Crippen molar-refractivity contribution in [2.75, 3.05) is 19.4 Å². The highest BCUT2D eigenvalue weighted by Crippen LogP contribution is 2.30. The number of amidine groups is 1. The molecule has 0 saturated carbocycles. The normalized spacial score (nSPS) is 14.3.